The number of rotatable bonds is 4. The summed E-state index contributed by atoms with van der Waals surface area (Å²) in [6.45, 7) is 0.412. The van der Waals surface area contributed by atoms with Gasteiger partial charge in [0.25, 0.3) is 11.9 Å². The standard InChI is InChI=1S/C17H23FN8O2/c18-12-6-13(8-25(7-12)16(28)11-4-2-1-3-5-11)21-15(27)14-22-17(24-23-14)26-9-19-20-10-26/h9-13H,1-8H2,(H,21,27)(H,22,23,24)/t12-,13+/m1/s1. The minimum Gasteiger partial charge on any atom is -0.345 e. The number of carbonyl (C=O) groups is 2. The maximum atomic E-state index is 14.3. The first kappa shape index (κ1) is 18.5. The van der Waals surface area contributed by atoms with Crippen molar-refractivity contribution in [2.45, 2.75) is 50.7 Å². The molecule has 11 heteroatoms. The third kappa shape index (κ3) is 4.02. The largest absolute Gasteiger partial charge is 0.345 e. The minimum absolute atomic E-state index is 0.00911. The molecule has 3 heterocycles. The minimum atomic E-state index is -1.16. The number of alkyl halides is 1. The van der Waals surface area contributed by atoms with Crippen LogP contribution in [-0.2, 0) is 4.79 Å². The zero-order chi connectivity index (χ0) is 19.5. The molecular weight excluding hydrogens is 367 g/mol. The summed E-state index contributed by atoms with van der Waals surface area (Å²) in [6.07, 6.45) is 6.82. The highest BCUT2D eigenvalue weighted by molar-refractivity contribution is 5.90. The van der Waals surface area contributed by atoms with Gasteiger partial charge in [-0.3, -0.25) is 19.3 Å². The van der Waals surface area contributed by atoms with Crippen molar-refractivity contribution in [1.29, 1.82) is 0 Å². The maximum Gasteiger partial charge on any atom is 0.288 e. The first-order valence-corrected chi connectivity index (χ1v) is 9.61. The molecule has 150 valence electrons. The molecule has 2 N–H and O–H groups in total. The molecule has 2 amide bonds. The molecule has 4 rings (SSSR count). The van der Waals surface area contributed by atoms with Gasteiger partial charge in [0.2, 0.25) is 11.7 Å². The third-order valence-electron chi connectivity index (χ3n) is 5.34. The van der Waals surface area contributed by atoms with Crippen molar-refractivity contribution in [1.82, 2.24) is 40.2 Å². The first-order valence-electron chi connectivity index (χ1n) is 9.61. The van der Waals surface area contributed by atoms with Crippen molar-refractivity contribution in [3.8, 4) is 5.95 Å². The Morgan fingerprint density at radius 1 is 1.14 bits per heavy atom. The van der Waals surface area contributed by atoms with E-state index in [4.69, 9.17) is 0 Å². The molecular formula is C17H23FN8O2. The van der Waals surface area contributed by atoms with Crippen molar-refractivity contribution in [3.63, 3.8) is 0 Å². The molecule has 28 heavy (non-hydrogen) atoms. The van der Waals surface area contributed by atoms with Crippen molar-refractivity contribution in [3.05, 3.63) is 18.5 Å². The van der Waals surface area contributed by atoms with E-state index in [1.54, 1.807) is 4.90 Å². The van der Waals surface area contributed by atoms with Gasteiger partial charge in [0.15, 0.2) is 0 Å². The lowest BCUT2D eigenvalue weighted by atomic mass is 9.87. The van der Waals surface area contributed by atoms with Crippen LogP contribution in [0.1, 0.15) is 49.1 Å². The molecule has 1 aliphatic heterocycles. The Morgan fingerprint density at radius 2 is 1.89 bits per heavy atom. The molecule has 1 aliphatic carbocycles. The summed E-state index contributed by atoms with van der Waals surface area (Å²) in [4.78, 5) is 30.9. The monoisotopic (exact) mass is 390 g/mol. The van der Waals surface area contributed by atoms with Crippen LogP contribution in [0.5, 0.6) is 0 Å². The summed E-state index contributed by atoms with van der Waals surface area (Å²) in [5.41, 5.74) is 0. The summed E-state index contributed by atoms with van der Waals surface area (Å²) < 4.78 is 15.7. The van der Waals surface area contributed by atoms with Crippen LogP contribution in [0.3, 0.4) is 0 Å². The Balaban J connectivity index is 1.38. The summed E-state index contributed by atoms with van der Waals surface area (Å²) in [5, 5.41) is 16.6. The molecule has 0 spiro atoms. The normalized spacial score (nSPS) is 23.5. The van der Waals surface area contributed by atoms with E-state index in [0.717, 1.165) is 32.1 Å². The van der Waals surface area contributed by atoms with E-state index in [9.17, 15) is 14.0 Å². The van der Waals surface area contributed by atoms with Crippen molar-refractivity contribution in [2.75, 3.05) is 13.1 Å². The quantitative estimate of drug-likeness (QED) is 0.790. The molecule has 0 unspecified atom stereocenters. The van der Waals surface area contributed by atoms with Crippen LogP contribution in [0.25, 0.3) is 5.95 Å². The van der Waals surface area contributed by atoms with Gasteiger partial charge in [0, 0.05) is 24.9 Å². The molecule has 1 saturated carbocycles. The number of likely N-dealkylation sites (tertiary alicyclic amines) is 1. The lowest BCUT2D eigenvalue weighted by Crippen LogP contribution is -2.54. The Bertz CT molecular complexity index is 817. The van der Waals surface area contributed by atoms with Crippen molar-refractivity contribution in [2.24, 2.45) is 5.92 Å². The first-order chi connectivity index (χ1) is 13.6. The number of halogens is 1. The smallest absolute Gasteiger partial charge is 0.288 e. The van der Waals surface area contributed by atoms with Gasteiger partial charge in [-0.25, -0.2) is 4.39 Å². The summed E-state index contributed by atoms with van der Waals surface area (Å²) in [5.74, 6) is -0.256. The van der Waals surface area contributed by atoms with Gasteiger partial charge in [0.1, 0.15) is 18.8 Å². The maximum absolute atomic E-state index is 14.3. The average molecular weight is 390 g/mol. The third-order valence-corrected chi connectivity index (χ3v) is 5.34. The van der Waals surface area contributed by atoms with Crippen LogP contribution >= 0.6 is 0 Å². The predicted octanol–water partition coefficient (Wildman–Crippen LogP) is 0.634. The molecule has 2 aliphatic rings. The Hall–Kier alpha value is -2.85. The topological polar surface area (TPSA) is 122 Å². The van der Waals surface area contributed by atoms with Gasteiger partial charge in [-0.15, -0.1) is 15.3 Å². The fraction of sp³-hybridized carbons (Fsp3) is 0.647. The van der Waals surface area contributed by atoms with Gasteiger partial charge in [0.05, 0.1) is 6.54 Å². The van der Waals surface area contributed by atoms with Crippen LogP contribution < -0.4 is 5.32 Å². The molecule has 0 bridgehead atoms. The Labute approximate surface area is 160 Å². The molecule has 2 aromatic heterocycles. The van der Waals surface area contributed by atoms with E-state index < -0.39 is 18.1 Å². The highest BCUT2D eigenvalue weighted by atomic mass is 19.1. The van der Waals surface area contributed by atoms with E-state index in [1.807, 2.05) is 0 Å². The number of nitrogens with zero attached hydrogens (tertiary/aromatic N) is 6. The summed E-state index contributed by atoms with van der Waals surface area (Å²) in [7, 11) is 0. The zero-order valence-electron chi connectivity index (χ0n) is 15.4. The van der Waals surface area contributed by atoms with Crippen LogP contribution in [0.4, 0.5) is 4.39 Å². The number of nitrogens with one attached hydrogen (secondary N) is 2. The molecule has 10 nitrogen and oxygen atoms in total. The number of hydrogen-bond acceptors (Lipinski definition) is 6. The highest BCUT2D eigenvalue weighted by Crippen LogP contribution is 2.27. The number of aromatic nitrogens is 6. The van der Waals surface area contributed by atoms with E-state index in [1.165, 1.54) is 17.2 Å². The second kappa shape index (κ2) is 8.03. The van der Waals surface area contributed by atoms with Gasteiger partial charge >= 0.3 is 0 Å². The number of piperidine rings is 1. The fourth-order valence-electron chi connectivity index (χ4n) is 3.96. The lowest BCUT2D eigenvalue weighted by molar-refractivity contribution is -0.139. The van der Waals surface area contributed by atoms with Gasteiger partial charge in [-0.05, 0) is 12.8 Å². The zero-order valence-corrected chi connectivity index (χ0v) is 15.4. The number of carbonyl (C=O) groups excluding carboxylic acids is 2. The van der Waals surface area contributed by atoms with Gasteiger partial charge in [-0.1, -0.05) is 19.3 Å². The van der Waals surface area contributed by atoms with Crippen LogP contribution in [0.2, 0.25) is 0 Å². The van der Waals surface area contributed by atoms with E-state index in [2.05, 4.69) is 30.7 Å². The van der Waals surface area contributed by atoms with Crippen molar-refractivity contribution < 1.29 is 14.0 Å². The second-order valence-electron chi connectivity index (χ2n) is 7.43. The SMILES string of the molecule is O=C(N[C@H]1C[C@@H](F)CN(C(=O)C2CCCCC2)C1)c1nc(-n2cnnc2)n[nH]1. The van der Waals surface area contributed by atoms with Gasteiger partial charge in [-0.2, -0.15) is 4.98 Å². The van der Waals surface area contributed by atoms with Gasteiger partial charge < -0.3 is 10.2 Å². The molecule has 2 atom stereocenters. The Morgan fingerprint density at radius 3 is 2.64 bits per heavy atom. The number of hydrogen-bond donors (Lipinski definition) is 2. The molecule has 2 aromatic rings. The van der Waals surface area contributed by atoms with E-state index >= 15 is 0 Å². The van der Waals surface area contributed by atoms with E-state index in [0.29, 0.717) is 6.54 Å². The second-order valence-corrected chi connectivity index (χ2v) is 7.43. The Kier molecular flexibility index (Phi) is 5.31. The fourth-order valence-corrected chi connectivity index (χ4v) is 3.96. The van der Waals surface area contributed by atoms with Crippen LogP contribution in [0.15, 0.2) is 12.7 Å². The number of H-pyrrole nitrogens is 1. The summed E-state index contributed by atoms with van der Waals surface area (Å²) in [6, 6.07) is -0.466. The predicted molar refractivity (Wildman–Crippen MR) is 95.2 cm³/mol. The average Bonchev–Trinajstić information content (AvgIpc) is 3.39. The number of aromatic amines is 1. The lowest BCUT2D eigenvalue weighted by Gasteiger charge is -2.37. The van der Waals surface area contributed by atoms with Crippen molar-refractivity contribution >= 4 is 11.8 Å². The number of amides is 2. The molecule has 0 aromatic carbocycles. The summed E-state index contributed by atoms with van der Waals surface area (Å²) >= 11 is 0. The molecule has 2 fully saturated rings. The van der Waals surface area contributed by atoms with Crippen LogP contribution in [0, 0.1) is 5.92 Å². The van der Waals surface area contributed by atoms with E-state index in [-0.39, 0.29) is 36.6 Å². The van der Waals surface area contributed by atoms with Crippen LogP contribution in [-0.4, -0.2) is 72.0 Å². The highest BCUT2D eigenvalue weighted by Gasteiger charge is 2.34. The molecule has 0 radical (unpaired) electrons. The molecule has 1 saturated heterocycles.